The number of carbonyl (C=O) groups is 1. The largest absolute Gasteiger partial charge is 0.538 e. The molecule has 2 heterocycles. The summed E-state index contributed by atoms with van der Waals surface area (Å²) in [6.45, 7) is 10.2. The highest BCUT2D eigenvalue weighted by molar-refractivity contribution is 14.1. The molecule has 0 aliphatic carbocycles. The third-order valence-electron chi connectivity index (χ3n) is 4.29. The summed E-state index contributed by atoms with van der Waals surface area (Å²) in [7, 11) is -1.07. The molecule has 0 amide bonds. The van der Waals surface area contributed by atoms with Crippen LogP contribution < -0.4 is 9.99 Å². The van der Waals surface area contributed by atoms with E-state index in [4.69, 9.17) is 9.16 Å². The molecule has 2 rings (SSSR count). The number of ether oxygens (including phenoxy) is 1. The molecule has 0 saturated carbocycles. The number of hydrogen-bond acceptors (Lipinski definition) is 5. The molecular weight excluding hydrogens is 439 g/mol. The Morgan fingerprint density at radius 1 is 1.29 bits per heavy atom. The van der Waals surface area contributed by atoms with E-state index in [-0.39, 0.29) is 16.5 Å². The molecule has 0 atom stereocenters. The van der Waals surface area contributed by atoms with Crippen LogP contribution in [0, 0.1) is 3.57 Å². The topological polar surface area (TPSA) is 69.9 Å². The molecule has 0 N–H and O–H groups in total. The Bertz CT molecular complexity index is 856. The monoisotopic (exact) mass is 460 g/mol. The van der Waals surface area contributed by atoms with E-state index in [1.807, 2.05) is 19.2 Å². The molecule has 130 valence electrons. The van der Waals surface area contributed by atoms with E-state index in [0.29, 0.717) is 5.65 Å². The molecule has 2 aromatic heterocycles. The zero-order valence-electron chi connectivity index (χ0n) is 14.6. The van der Waals surface area contributed by atoms with Crippen molar-refractivity contribution in [1.82, 2.24) is 9.38 Å². The van der Waals surface area contributed by atoms with Gasteiger partial charge in [0.25, 0.3) is 13.9 Å². The van der Waals surface area contributed by atoms with Gasteiger partial charge < -0.3 is 9.16 Å². The smallest absolute Gasteiger partial charge is 0.360 e. The van der Waals surface area contributed by atoms with Crippen LogP contribution in [0.2, 0.25) is 18.1 Å². The van der Waals surface area contributed by atoms with Gasteiger partial charge in [0.05, 0.1) is 7.11 Å². The van der Waals surface area contributed by atoms with Gasteiger partial charge in [0.1, 0.15) is 5.65 Å². The molecule has 0 aliphatic heterocycles. The summed E-state index contributed by atoms with van der Waals surface area (Å²) in [6, 6.07) is 3.50. The first kappa shape index (κ1) is 18.9. The van der Waals surface area contributed by atoms with Crippen molar-refractivity contribution in [3.05, 3.63) is 37.9 Å². The zero-order valence-corrected chi connectivity index (χ0v) is 17.8. The van der Waals surface area contributed by atoms with E-state index in [1.54, 1.807) is 12.3 Å². The van der Waals surface area contributed by atoms with Crippen molar-refractivity contribution >= 4 is 42.5 Å². The average molecular weight is 460 g/mol. The van der Waals surface area contributed by atoms with Gasteiger partial charge in [0.2, 0.25) is 5.75 Å². The highest BCUT2D eigenvalue weighted by atomic mass is 127. The molecule has 0 radical (unpaired) electrons. The summed E-state index contributed by atoms with van der Waals surface area (Å²) < 4.78 is 13.2. The van der Waals surface area contributed by atoms with E-state index < -0.39 is 19.8 Å². The Kier molecular flexibility index (Phi) is 5.10. The molecule has 0 aliphatic rings. The van der Waals surface area contributed by atoms with Crippen molar-refractivity contribution in [3.63, 3.8) is 0 Å². The fourth-order valence-corrected chi connectivity index (χ4v) is 3.29. The van der Waals surface area contributed by atoms with Crippen LogP contribution in [0.25, 0.3) is 5.65 Å². The van der Waals surface area contributed by atoms with Gasteiger partial charge in [0.15, 0.2) is 5.69 Å². The average Bonchev–Trinajstić information content (AvgIpc) is 2.48. The van der Waals surface area contributed by atoms with Gasteiger partial charge in [-0.05, 0) is 52.9 Å². The van der Waals surface area contributed by atoms with Crippen LogP contribution in [0.5, 0.6) is 5.75 Å². The molecule has 24 heavy (non-hydrogen) atoms. The predicted molar refractivity (Wildman–Crippen MR) is 103 cm³/mol. The van der Waals surface area contributed by atoms with Crippen LogP contribution in [-0.4, -0.2) is 30.8 Å². The summed E-state index contributed by atoms with van der Waals surface area (Å²) >= 11 is 2.12. The second-order valence-electron chi connectivity index (χ2n) is 7.02. The first-order chi connectivity index (χ1) is 11.0. The minimum absolute atomic E-state index is 0.0343. The van der Waals surface area contributed by atoms with Crippen LogP contribution >= 0.6 is 22.6 Å². The molecule has 0 bridgehead atoms. The SMILES string of the molecule is COC(=O)c1nc2ccc(I)cn2c(=O)c1O[Si](C)(C)C(C)(C)C. The number of esters is 1. The Hall–Kier alpha value is -1.42. The molecule has 0 saturated heterocycles. The van der Waals surface area contributed by atoms with Crippen LogP contribution in [0.1, 0.15) is 31.3 Å². The molecule has 0 spiro atoms. The van der Waals surface area contributed by atoms with Gasteiger partial charge >= 0.3 is 5.97 Å². The van der Waals surface area contributed by atoms with Gasteiger partial charge in [-0.3, -0.25) is 9.20 Å². The number of methoxy groups -OCH3 is 1. The Labute approximate surface area is 155 Å². The lowest BCUT2D eigenvalue weighted by atomic mass is 10.2. The maximum absolute atomic E-state index is 12.9. The van der Waals surface area contributed by atoms with Gasteiger partial charge in [0, 0.05) is 9.77 Å². The Morgan fingerprint density at radius 3 is 2.46 bits per heavy atom. The molecule has 0 unspecified atom stereocenters. The summed E-state index contributed by atoms with van der Waals surface area (Å²) in [5, 5.41) is -0.127. The maximum Gasteiger partial charge on any atom is 0.360 e. The minimum atomic E-state index is -2.33. The molecular formula is C16H21IN2O4Si. The number of carbonyl (C=O) groups excluding carboxylic acids is 1. The lowest BCUT2D eigenvalue weighted by Crippen LogP contribution is -2.46. The number of halogens is 1. The van der Waals surface area contributed by atoms with E-state index in [2.05, 4.69) is 48.3 Å². The number of nitrogens with zero attached hydrogens (tertiary/aromatic N) is 2. The predicted octanol–water partition coefficient (Wildman–Crippen LogP) is 3.47. The van der Waals surface area contributed by atoms with Crippen molar-refractivity contribution in [1.29, 1.82) is 0 Å². The van der Waals surface area contributed by atoms with Crippen LogP contribution in [0.15, 0.2) is 23.1 Å². The van der Waals surface area contributed by atoms with Gasteiger partial charge in [-0.15, -0.1) is 0 Å². The number of pyridine rings is 1. The van der Waals surface area contributed by atoms with Crippen molar-refractivity contribution in [2.24, 2.45) is 0 Å². The lowest BCUT2D eigenvalue weighted by Gasteiger charge is -2.36. The van der Waals surface area contributed by atoms with E-state index in [1.165, 1.54) is 11.5 Å². The van der Waals surface area contributed by atoms with E-state index in [9.17, 15) is 9.59 Å². The summed E-state index contributed by atoms with van der Waals surface area (Å²) in [6.07, 6.45) is 1.67. The fraction of sp³-hybridized carbons (Fsp3) is 0.438. The van der Waals surface area contributed by atoms with Crippen LogP contribution in [0.3, 0.4) is 0 Å². The zero-order chi connectivity index (χ0) is 18.3. The maximum atomic E-state index is 12.9. The van der Waals surface area contributed by atoms with Crippen molar-refractivity contribution in [2.45, 2.75) is 38.9 Å². The third-order valence-corrected chi connectivity index (χ3v) is 9.25. The number of fused-ring (bicyclic) bond motifs is 1. The number of rotatable bonds is 3. The van der Waals surface area contributed by atoms with Crippen molar-refractivity contribution in [3.8, 4) is 5.75 Å². The van der Waals surface area contributed by atoms with Gasteiger partial charge in [-0.2, -0.15) is 0 Å². The van der Waals surface area contributed by atoms with E-state index in [0.717, 1.165) is 3.57 Å². The Balaban J connectivity index is 2.76. The minimum Gasteiger partial charge on any atom is -0.538 e. The number of aromatic nitrogens is 2. The summed E-state index contributed by atoms with van der Waals surface area (Å²) in [5.74, 6) is -0.713. The fourth-order valence-electron chi connectivity index (χ4n) is 1.83. The molecule has 0 fully saturated rings. The Morgan fingerprint density at radius 2 is 1.92 bits per heavy atom. The third kappa shape index (κ3) is 3.48. The highest BCUT2D eigenvalue weighted by Gasteiger charge is 2.41. The first-order valence-corrected chi connectivity index (χ1v) is 11.5. The molecule has 6 nitrogen and oxygen atoms in total. The highest BCUT2D eigenvalue weighted by Crippen LogP contribution is 2.37. The van der Waals surface area contributed by atoms with Crippen molar-refractivity contribution in [2.75, 3.05) is 7.11 Å². The second-order valence-corrected chi connectivity index (χ2v) is 13.0. The molecule has 8 heteroatoms. The first-order valence-electron chi connectivity index (χ1n) is 7.47. The van der Waals surface area contributed by atoms with Gasteiger partial charge in [-0.25, -0.2) is 9.78 Å². The summed E-state index contributed by atoms with van der Waals surface area (Å²) in [4.78, 5) is 29.4. The normalized spacial score (nSPS) is 12.3. The van der Waals surface area contributed by atoms with Crippen molar-refractivity contribution < 1.29 is 14.0 Å². The quantitative estimate of drug-likeness (QED) is 0.399. The lowest BCUT2D eigenvalue weighted by molar-refractivity contribution is 0.0591. The standard InChI is InChI=1S/C16H21IN2O4Si/c1-16(2,3)24(5,6)23-13-12(15(21)22-4)18-11-8-7-10(17)9-19(11)14(13)20/h7-9H,1-6H3. The number of hydrogen-bond donors (Lipinski definition) is 0. The van der Waals surface area contributed by atoms with Crippen LogP contribution in [0.4, 0.5) is 0 Å². The van der Waals surface area contributed by atoms with Crippen LogP contribution in [-0.2, 0) is 4.74 Å². The second kappa shape index (κ2) is 6.47. The van der Waals surface area contributed by atoms with E-state index >= 15 is 0 Å². The van der Waals surface area contributed by atoms with Gasteiger partial charge in [-0.1, -0.05) is 20.8 Å². The molecule has 0 aromatic carbocycles. The summed E-state index contributed by atoms with van der Waals surface area (Å²) in [5.41, 5.74) is -0.0966. The molecule has 2 aromatic rings.